The van der Waals surface area contributed by atoms with E-state index >= 15 is 0 Å². The number of esters is 1. The number of carbonyl (C=O) groups excluding carboxylic acids is 1. The molecular formula is C26H34N4O2. The van der Waals surface area contributed by atoms with E-state index in [0.717, 1.165) is 34.7 Å². The van der Waals surface area contributed by atoms with E-state index in [1.165, 1.54) is 38.4 Å². The highest BCUT2D eigenvalue weighted by Crippen LogP contribution is 2.48. The van der Waals surface area contributed by atoms with Crippen LogP contribution in [0.15, 0.2) is 41.9 Å². The lowest BCUT2D eigenvalue weighted by molar-refractivity contribution is 0.0378. The Morgan fingerprint density at radius 1 is 1.19 bits per heavy atom. The Kier molecular flexibility index (Phi) is 6.58. The summed E-state index contributed by atoms with van der Waals surface area (Å²) in [5.41, 5.74) is 2.99. The zero-order chi connectivity index (χ0) is 22.7. The molecule has 2 atom stereocenters. The van der Waals surface area contributed by atoms with Crippen LogP contribution in [0.25, 0.3) is 0 Å². The zero-order valence-electron chi connectivity index (χ0n) is 19.5. The van der Waals surface area contributed by atoms with Crippen LogP contribution in [0.2, 0.25) is 0 Å². The molecule has 2 saturated carbocycles. The van der Waals surface area contributed by atoms with Gasteiger partial charge in [0.1, 0.15) is 6.33 Å². The lowest BCUT2D eigenvalue weighted by Gasteiger charge is -2.48. The van der Waals surface area contributed by atoms with E-state index < -0.39 is 0 Å². The van der Waals surface area contributed by atoms with Crippen LogP contribution in [-0.4, -0.2) is 33.8 Å². The summed E-state index contributed by atoms with van der Waals surface area (Å²) in [6, 6.07) is 5.60. The standard InChI is InChI=1S/C26H34N4O2/c1-17(2)32-25(31)22-5-6-23(24(10-22)29-15-21-13-27-16-28-14-21)30-26(4)11-19-7-18(3)8-20(9-19)12-26/h5-6,10,13-20,30H,7-9,11-12H2,1-4H3. The van der Waals surface area contributed by atoms with Gasteiger partial charge in [-0.1, -0.05) is 6.92 Å². The van der Waals surface area contributed by atoms with Gasteiger partial charge in [0.15, 0.2) is 0 Å². The topological polar surface area (TPSA) is 76.5 Å². The number of carbonyl (C=O) groups is 1. The van der Waals surface area contributed by atoms with Crippen LogP contribution in [0.4, 0.5) is 11.4 Å². The third kappa shape index (κ3) is 5.53. The van der Waals surface area contributed by atoms with Crippen LogP contribution >= 0.6 is 0 Å². The second-order valence-corrected chi connectivity index (χ2v) is 10.3. The molecule has 0 saturated heterocycles. The number of aliphatic imine (C=N–C) groups is 1. The lowest BCUT2D eigenvalue weighted by Crippen LogP contribution is -2.45. The van der Waals surface area contributed by atoms with E-state index in [0.29, 0.717) is 5.56 Å². The number of hydrogen-bond acceptors (Lipinski definition) is 6. The number of benzene rings is 1. The first-order valence-electron chi connectivity index (χ1n) is 11.7. The van der Waals surface area contributed by atoms with Crippen molar-refractivity contribution in [2.75, 3.05) is 5.32 Å². The largest absolute Gasteiger partial charge is 0.459 e. The molecule has 1 aromatic carbocycles. The van der Waals surface area contributed by atoms with Crippen molar-refractivity contribution in [3.8, 4) is 0 Å². The molecule has 2 aliphatic rings. The van der Waals surface area contributed by atoms with Crippen molar-refractivity contribution in [1.82, 2.24) is 9.97 Å². The molecule has 2 aliphatic carbocycles. The predicted octanol–water partition coefficient (Wildman–Crippen LogP) is 5.81. The van der Waals surface area contributed by atoms with Crippen molar-refractivity contribution >= 4 is 23.6 Å². The Hall–Kier alpha value is -2.76. The number of rotatable bonds is 6. The molecule has 2 bridgehead atoms. The quantitative estimate of drug-likeness (QED) is 0.459. The normalized spacial score (nSPS) is 27.5. The van der Waals surface area contributed by atoms with Gasteiger partial charge < -0.3 is 10.1 Å². The van der Waals surface area contributed by atoms with Crippen LogP contribution in [-0.2, 0) is 4.74 Å². The minimum Gasteiger partial charge on any atom is -0.459 e. The van der Waals surface area contributed by atoms with Gasteiger partial charge in [-0.25, -0.2) is 14.8 Å². The first kappa shape index (κ1) is 22.4. The molecule has 1 aromatic heterocycles. The molecule has 4 rings (SSSR count). The highest BCUT2D eigenvalue weighted by molar-refractivity contribution is 5.93. The van der Waals surface area contributed by atoms with E-state index in [1.807, 2.05) is 32.0 Å². The van der Waals surface area contributed by atoms with E-state index in [1.54, 1.807) is 18.6 Å². The van der Waals surface area contributed by atoms with Crippen molar-refractivity contribution in [1.29, 1.82) is 0 Å². The van der Waals surface area contributed by atoms with Crippen molar-refractivity contribution in [2.45, 2.75) is 71.4 Å². The highest BCUT2D eigenvalue weighted by atomic mass is 16.5. The summed E-state index contributed by atoms with van der Waals surface area (Å²) in [6.45, 7) is 8.43. The summed E-state index contributed by atoms with van der Waals surface area (Å²) >= 11 is 0. The van der Waals surface area contributed by atoms with Gasteiger partial charge in [0.25, 0.3) is 0 Å². The molecule has 0 amide bonds. The van der Waals surface area contributed by atoms with Gasteiger partial charge in [0.05, 0.1) is 23.0 Å². The molecule has 0 radical (unpaired) electrons. The van der Waals surface area contributed by atoms with Crippen molar-refractivity contribution in [3.05, 3.63) is 48.0 Å². The molecule has 0 spiro atoms. The maximum Gasteiger partial charge on any atom is 0.338 e. The number of fused-ring (bicyclic) bond motifs is 2. The highest BCUT2D eigenvalue weighted by Gasteiger charge is 2.41. The molecular weight excluding hydrogens is 400 g/mol. The third-order valence-corrected chi connectivity index (χ3v) is 6.56. The molecule has 2 fully saturated rings. The van der Waals surface area contributed by atoms with Gasteiger partial charge in [0.2, 0.25) is 0 Å². The molecule has 6 heteroatoms. The number of nitrogens with one attached hydrogen (secondary N) is 1. The van der Waals surface area contributed by atoms with Crippen molar-refractivity contribution in [3.63, 3.8) is 0 Å². The van der Waals surface area contributed by atoms with E-state index in [4.69, 9.17) is 9.73 Å². The van der Waals surface area contributed by atoms with Crippen LogP contribution < -0.4 is 5.32 Å². The Morgan fingerprint density at radius 3 is 2.53 bits per heavy atom. The lowest BCUT2D eigenvalue weighted by atomic mass is 9.62. The second kappa shape index (κ2) is 9.39. The molecule has 2 aromatic rings. The van der Waals surface area contributed by atoms with E-state index in [2.05, 4.69) is 29.1 Å². The van der Waals surface area contributed by atoms with Gasteiger partial charge in [-0.2, -0.15) is 0 Å². The molecule has 2 unspecified atom stereocenters. The minimum absolute atomic E-state index is 0.0216. The number of aromatic nitrogens is 2. The van der Waals surface area contributed by atoms with Gasteiger partial charge in [-0.3, -0.25) is 4.99 Å². The zero-order valence-corrected chi connectivity index (χ0v) is 19.5. The maximum absolute atomic E-state index is 12.5. The minimum atomic E-state index is -0.335. The first-order valence-corrected chi connectivity index (χ1v) is 11.7. The van der Waals surface area contributed by atoms with Gasteiger partial charge in [-0.15, -0.1) is 0 Å². The summed E-state index contributed by atoms with van der Waals surface area (Å²) < 4.78 is 5.39. The Morgan fingerprint density at radius 2 is 1.88 bits per heavy atom. The Labute approximate surface area is 190 Å². The summed E-state index contributed by atoms with van der Waals surface area (Å²) in [7, 11) is 0. The van der Waals surface area contributed by atoms with Crippen LogP contribution in [0.1, 0.15) is 75.7 Å². The van der Waals surface area contributed by atoms with Gasteiger partial charge >= 0.3 is 5.97 Å². The first-order chi connectivity index (χ1) is 15.3. The number of ether oxygens (including phenoxy) is 1. The van der Waals surface area contributed by atoms with E-state index in [-0.39, 0.29) is 17.6 Å². The molecule has 0 aliphatic heterocycles. The fraction of sp³-hybridized carbons (Fsp3) is 0.538. The van der Waals surface area contributed by atoms with Crippen LogP contribution in [0.5, 0.6) is 0 Å². The third-order valence-electron chi connectivity index (χ3n) is 6.56. The molecule has 1 heterocycles. The number of nitrogens with zero attached hydrogens (tertiary/aromatic N) is 3. The fourth-order valence-electron chi connectivity index (χ4n) is 5.69. The number of hydrogen-bond donors (Lipinski definition) is 1. The Bertz CT molecular complexity index is 955. The van der Waals surface area contributed by atoms with E-state index in [9.17, 15) is 4.79 Å². The summed E-state index contributed by atoms with van der Waals surface area (Å²) in [5, 5.41) is 3.82. The number of anilines is 1. The summed E-state index contributed by atoms with van der Waals surface area (Å²) in [5.74, 6) is 2.06. The van der Waals surface area contributed by atoms with Crippen LogP contribution in [0.3, 0.4) is 0 Å². The average molecular weight is 435 g/mol. The van der Waals surface area contributed by atoms with Crippen LogP contribution in [0, 0.1) is 17.8 Å². The molecule has 170 valence electrons. The SMILES string of the molecule is CC1CC2CC(C1)CC(C)(Nc1ccc(C(=O)OC(C)C)cc1N=Cc1cncnc1)C2. The molecule has 6 nitrogen and oxygen atoms in total. The fourth-order valence-corrected chi connectivity index (χ4v) is 5.69. The Balaban J connectivity index is 1.61. The summed E-state index contributed by atoms with van der Waals surface area (Å²) in [6.07, 6.45) is 12.8. The summed E-state index contributed by atoms with van der Waals surface area (Å²) in [4.78, 5) is 25.3. The maximum atomic E-state index is 12.5. The van der Waals surface area contributed by atoms with Gasteiger partial charge in [0, 0.05) is 29.7 Å². The van der Waals surface area contributed by atoms with Crippen molar-refractivity contribution < 1.29 is 9.53 Å². The average Bonchev–Trinajstić information content (AvgIpc) is 2.72. The monoisotopic (exact) mass is 434 g/mol. The molecule has 1 N–H and O–H groups in total. The molecule has 32 heavy (non-hydrogen) atoms. The smallest absolute Gasteiger partial charge is 0.338 e. The second-order valence-electron chi connectivity index (χ2n) is 10.3. The predicted molar refractivity (Wildman–Crippen MR) is 128 cm³/mol. The van der Waals surface area contributed by atoms with Gasteiger partial charge in [-0.05, 0) is 88.8 Å². The van der Waals surface area contributed by atoms with Crippen molar-refractivity contribution in [2.24, 2.45) is 22.7 Å².